The highest BCUT2D eigenvalue weighted by Gasteiger charge is 2.30. The monoisotopic (exact) mass is 306 g/mol. The Hall–Kier alpha value is -1.05. The molecule has 1 aromatic carbocycles. The van der Waals surface area contributed by atoms with Gasteiger partial charge in [0.2, 0.25) is 10.0 Å². The van der Waals surface area contributed by atoms with E-state index in [1.807, 2.05) is 20.8 Å². The standard InChI is InChI=1S/C13H20F2N2O2S/c1-13(2,3)12(6-7-16)17-20(18,19)11-5-4-9(14)8-10(11)15/h4-5,8,12,17H,6-7,16H2,1-3H3. The predicted molar refractivity (Wildman–Crippen MR) is 73.6 cm³/mol. The zero-order chi connectivity index (χ0) is 15.6. The predicted octanol–water partition coefficient (Wildman–Crippen LogP) is 2.01. The quantitative estimate of drug-likeness (QED) is 0.874. The van der Waals surface area contributed by atoms with Crippen molar-refractivity contribution in [3.05, 3.63) is 29.8 Å². The molecule has 0 spiro atoms. The van der Waals surface area contributed by atoms with Gasteiger partial charge in [0.1, 0.15) is 16.5 Å². The number of sulfonamides is 1. The Bertz CT molecular complexity index is 568. The molecule has 114 valence electrons. The van der Waals surface area contributed by atoms with Crippen LogP contribution in [-0.4, -0.2) is 21.0 Å². The fourth-order valence-corrected chi connectivity index (χ4v) is 3.32. The van der Waals surface area contributed by atoms with Crippen LogP contribution in [0.25, 0.3) is 0 Å². The molecule has 20 heavy (non-hydrogen) atoms. The average Bonchev–Trinajstić information content (AvgIpc) is 2.26. The fraction of sp³-hybridized carbons (Fsp3) is 0.538. The van der Waals surface area contributed by atoms with Crippen molar-refractivity contribution in [2.24, 2.45) is 11.1 Å². The van der Waals surface area contributed by atoms with Crippen LogP contribution in [0, 0.1) is 17.0 Å². The summed E-state index contributed by atoms with van der Waals surface area (Å²) in [5.41, 5.74) is 5.10. The summed E-state index contributed by atoms with van der Waals surface area (Å²) in [6.07, 6.45) is 0.422. The first-order valence-corrected chi connectivity index (χ1v) is 7.73. The van der Waals surface area contributed by atoms with Crippen LogP contribution in [-0.2, 0) is 10.0 Å². The molecule has 0 heterocycles. The molecule has 1 unspecified atom stereocenters. The molecule has 0 bridgehead atoms. The van der Waals surface area contributed by atoms with Gasteiger partial charge in [0, 0.05) is 12.1 Å². The largest absolute Gasteiger partial charge is 0.330 e. The lowest BCUT2D eigenvalue weighted by molar-refractivity contribution is 0.287. The van der Waals surface area contributed by atoms with E-state index < -0.39 is 32.6 Å². The number of halogens is 2. The molecule has 1 atom stereocenters. The molecule has 0 aromatic heterocycles. The SMILES string of the molecule is CC(C)(C)C(CCN)NS(=O)(=O)c1ccc(F)cc1F. The number of nitrogens with two attached hydrogens (primary N) is 1. The first kappa shape index (κ1) is 17.0. The van der Waals surface area contributed by atoms with E-state index in [1.165, 1.54) is 0 Å². The molecule has 7 heteroatoms. The van der Waals surface area contributed by atoms with Gasteiger partial charge in [0.25, 0.3) is 0 Å². The summed E-state index contributed by atoms with van der Waals surface area (Å²) in [5.74, 6) is -1.94. The van der Waals surface area contributed by atoms with Crippen molar-refractivity contribution in [3.8, 4) is 0 Å². The van der Waals surface area contributed by atoms with Crippen LogP contribution in [0.5, 0.6) is 0 Å². The van der Waals surface area contributed by atoms with Crippen LogP contribution in [0.3, 0.4) is 0 Å². The Balaban J connectivity index is 3.10. The van der Waals surface area contributed by atoms with Gasteiger partial charge in [0.15, 0.2) is 0 Å². The molecule has 0 aliphatic carbocycles. The lowest BCUT2D eigenvalue weighted by Crippen LogP contribution is -2.45. The third-order valence-electron chi connectivity index (χ3n) is 2.98. The summed E-state index contributed by atoms with van der Waals surface area (Å²) in [4.78, 5) is -0.565. The van der Waals surface area contributed by atoms with Crippen molar-refractivity contribution in [2.75, 3.05) is 6.54 Å². The van der Waals surface area contributed by atoms with Crippen LogP contribution < -0.4 is 10.5 Å². The molecule has 0 aliphatic rings. The summed E-state index contributed by atoms with van der Waals surface area (Å²) in [6.45, 7) is 5.88. The van der Waals surface area contributed by atoms with Gasteiger partial charge in [-0.15, -0.1) is 0 Å². The van der Waals surface area contributed by atoms with E-state index in [2.05, 4.69) is 4.72 Å². The molecule has 0 amide bonds. The number of rotatable bonds is 5. The number of nitrogens with one attached hydrogen (secondary N) is 1. The Kier molecular flexibility index (Phi) is 5.23. The molecular formula is C13H20F2N2O2S. The maximum atomic E-state index is 13.6. The zero-order valence-corrected chi connectivity index (χ0v) is 12.6. The van der Waals surface area contributed by atoms with Crippen molar-refractivity contribution < 1.29 is 17.2 Å². The normalized spacial score (nSPS) is 14.3. The van der Waals surface area contributed by atoms with Crippen LogP contribution in [0.2, 0.25) is 0 Å². The minimum absolute atomic E-state index is 0.302. The topological polar surface area (TPSA) is 72.2 Å². The first-order valence-electron chi connectivity index (χ1n) is 6.25. The second-order valence-corrected chi connectivity index (χ2v) is 7.37. The number of hydrogen-bond acceptors (Lipinski definition) is 3. The van der Waals surface area contributed by atoms with Crippen molar-refractivity contribution in [2.45, 2.75) is 38.1 Å². The zero-order valence-electron chi connectivity index (χ0n) is 11.8. The maximum Gasteiger partial charge on any atom is 0.243 e. The van der Waals surface area contributed by atoms with Crippen molar-refractivity contribution >= 4 is 10.0 Å². The van der Waals surface area contributed by atoms with E-state index >= 15 is 0 Å². The van der Waals surface area contributed by atoms with Crippen LogP contribution in [0.1, 0.15) is 27.2 Å². The number of benzene rings is 1. The van der Waals surface area contributed by atoms with E-state index in [9.17, 15) is 17.2 Å². The van der Waals surface area contributed by atoms with Crippen LogP contribution in [0.15, 0.2) is 23.1 Å². The summed E-state index contributed by atoms with van der Waals surface area (Å²) in [5, 5.41) is 0. The smallest absolute Gasteiger partial charge is 0.243 e. The molecule has 1 rings (SSSR count). The second-order valence-electron chi connectivity index (χ2n) is 5.69. The van der Waals surface area contributed by atoms with E-state index in [0.29, 0.717) is 19.0 Å². The lowest BCUT2D eigenvalue weighted by atomic mass is 9.85. The molecule has 3 N–H and O–H groups in total. The van der Waals surface area contributed by atoms with Gasteiger partial charge < -0.3 is 5.73 Å². The third kappa shape index (κ3) is 4.22. The Morgan fingerprint density at radius 2 is 1.90 bits per heavy atom. The number of hydrogen-bond donors (Lipinski definition) is 2. The molecule has 0 aliphatic heterocycles. The Labute approximate surface area is 118 Å². The maximum absolute atomic E-state index is 13.6. The summed E-state index contributed by atoms with van der Waals surface area (Å²) in [7, 11) is -4.06. The van der Waals surface area contributed by atoms with Crippen molar-refractivity contribution in [3.63, 3.8) is 0 Å². The van der Waals surface area contributed by atoms with Crippen molar-refractivity contribution in [1.82, 2.24) is 4.72 Å². The highest BCUT2D eigenvalue weighted by molar-refractivity contribution is 7.89. The molecule has 0 saturated heterocycles. The van der Waals surface area contributed by atoms with E-state index in [-0.39, 0.29) is 5.41 Å². The third-order valence-corrected chi connectivity index (χ3v) is 4.49. The average molecular weight is 306 g/mol. The minimum Gasteiger partial charge on any atom is -0.330 e. The van der Waals surface area contributed by atoms with Gasteiger partial charge in [-0.2, -0.15) is 0 Å². The van der Waals surface area contributed by atoms with Gasteiger partial charge in [-0.3, -0.25) is 0 Å². The molecule has 4 nitrogen and oxygen atoms in total. The van der Waals surface area contributed by atoms with Gasteiger partial charge in [0.05, 0.1) is 0 Å². The summed E-state index contributed by atoms with van der Waals surface area (Å²) >= 11 is 0. The van der Waals surface area contributed by atoms with Gasteiger partial charge >= 0.3 is 0 Å². The first-order chi connectivity index (χ1) is 9.08. The Morgan fingerprint density at radius 1 is 1.30 bits per heavy atom. The van der Waals surface area contributed by atoms with E-state index in [4.69, 9.17) is 5.73 Å². The summed E-state index contributed by atoms with van der Waals surface area (Å²) < 4.78 is 53.2. The highest BCUT2D eigenvalue weighted by atomic mass is 32.2. The van der Waals surface area contributed by atoms with Gasteiger partial charge in [-0.25, -0.2) is 21.9 Å². The van der Waals surface area contributed by atoms with Gasteiger partial charge in [-0.05, 0) is 30.5 Å². The minimum atomic E-state index is -4.06. The molecule has 1 aromatic rings. The van der Waals surface area contributed by atoms with E-state index in [1.54, 1.807) is 0 Å². The highest BCUT2D eigenvalue weighted by Crippen LogP contribution is 2.24. The van der Waals surface area contributed by atoms with Crippen molar-refractivity contribution in [1.29, 1.82) is 0 Å². The molecule has 0 fully saturated rings. The second kappa shape index (κ2) is 6.15. The molecule has 0 saturated carbocycles. The molecular weight excluding hydrogens is 286 g/mol. The molecule has 0 radical (unpaired) electrons. The van der Waals surface area contributed by atoms with Crippen LogP contribution in [0.4, 0.5) is 8.78 Å². The Morgan fingerprint density at radius 3 is 2.35 bits per heavy atom. The van der Waals surface area contributed by atoms with Gasteiger partial charge in [-0.1, -0.05) is 20.8 Å². The fourth-order valence-electron chi connectivity index (χ4n) is 1.78. The lowest BCUT2D eigenvalue weighted by Gasteiger charge is -2.31. The summed E-state index contributed by atoms with van der Waals surface area (Å²) in [6, 6.07) is 1.92. The van der Waals surface area contributed by atoms with Crippen LogP contribution >= 0.6 is 0 Å². The van der Waals surface area contributed by atoms with E-state index in [0.717, 1.165) is 12.1 Å².